The van der Waals surface area contributed by atoms with Crippen LogP contribution in [0.4, 0.5) is 0 Å². The van der Waals surface area contributed by atoms with Gasteiger partial charge in [-0.15, -0.1) is 24.0 Å². The summed E-state index contributed by atoms with van der Waals surface area (Å²) < 4.78 is 11.2. The molecule has 1 aliphatic carbocycles. The van der Waals surface area contributed by atoms with Crippen molar-refractivity contribution < 1.29 is 14.6 Å². The number of benzene rings is 1. The quantitative estimate of drug-likeness (QED) is 0.233. The van der Waals surface area contributed by atoms with Crippen LogP contribution in [0.1, 0.15) is 51.5 Å². The van der Waals surface area contributed by atoms with Crippen molar-refractivity contribution in [2.75, 3.05) is 33.4 Å². The van der Waals surface area contributed by atoms with E-state index in [1.165, 1.54) is 25.7 Å². The van der Waals surface area contributed by atoms with E-state index in [0.29, 0.717) is 17.8 Å². The first-order valence-electron chi connectivity index (χ1n) is 10.7. The molecule has 166 valence electrons. The predicted octanol–water partition coefficient (Wildman–Crippen LogP) is 4.10. The molecule has 1 aliphatic rings. The number of nitrogens with zero attached hydrogens (tertiary/aromatic N) is 1. The van der Waals surface area contributed by atoms with E-state index in [0.717, 1.165) is 50.6 Å². The van der Waals surface area contributed by atoms with E-state index in [9.17, 15) is 5.11 Å². The third kappa shape index (κ3) is 8.99. The first-order chi connectivity index (χ1) is 13.7. The minimum atomic E-state index is 0. The maximum Gasteiger partial charge on any atom is 0.191 e. The molecule has 0 amide bonds. The van der Waals surface area contributed by atoms with E-state index in [1.54, 1.807) is 13.2 Å². The molecule has 1 atom stereocenters. The highest BCUT2D eigenvalue weighted by Gasteiger charge is 2.24. The second-order valence-electron chi connectivity index (χ2n) is 7.27. The van der Waals surface area contributed by atoms with E-state index in [-0.39, 0.29) is 29.7 Å². The van der Waals surface area contributed by atoms with Crippen LogP contribution in [0.2, 0.25) is 0 Å². The van der Waals surface area contributed by atoms with E-state index in [1.807, 2.05) is 12.1 Å². The molecule has 6 nitrogen and oxygen atoms in total. The number of nitrogens with one attached hydrogen (secondary N) is 2. The summed E-state index contributed by atoms with van der Waals surface area (Å²) in [5.41, 5.74) is 1.11. The number of hydrogen-bond acceptors (Lipinski definition) is 4. The smallest absolute Gasteiger partial charge is 0.191 e. The van der Waals surface area contributed by atoms with Crippen LogP contribution >= 0.6 is 24.0 Å². The van der Waals surface area contributed by atoms with Gasteiger partial charge < -0.3 is 25.2 Å². The lowest BCUT2D eigenvalue weighted by molar-refractivity contribution is 0.0177. The number of guanidine groups is 1. The summed E-state index contributed by atoms with van der Waals surface area (Å²) in [6, 6.07) is 5.46. The minimum Gasteiger partial charge on any atom is -0.504 e. The maximum atomic E-state index is 9.70. The van der Waals surface area contributed by atoms with Crippen molar-refractivity contribution in [3.05, 3.63) is 23.8 Å². The summed E-state index contributed by atoms with van der Waals surface area (Å²) in [4.78, 5) is 4.74. The monoisotopic (exact) mass is 519 g/mol. The largest absolute Gasteiger partial charge is 0.504 e. The molecular weight excluding hydrogens is 481 g/mol. The Morgan fingerprint density at radius 2 is 2.00 bits per heavy atom. The fraction of sp³-hybridized carbons (Fsp3) is 0.682. The van der Waals surface area contributed by atoms with Gasteiger partial charge in [0.25, 0.3) is 0 Å². The highest BCUT2D eigenvalue weighted by Crippen LogP contribution is 2.30. The molecule has 1 unspecified atom stereocenters. The van der Waals surface area contributed by atoms with Gasteiger partial charge in [0.2, 0.25) is 0 Å². The Balaban J connectivity index is 0.00000420. The summed E-state index contributed by atoms with van der Waals surface area (Å²) in [6.45, 7) is 7.29. The lowest BCUT2D eigenvalue weighted by atomic mass is 9.98. The Morgan fingerprint density at radius 3 is 2.66 bits per heavy atom. The van der Waals surface area contributed by atoms with Crippen LogP contribution in [-0.2, 0) is 11.2 Å². The van der Waals surface area contributed by atoms with Crippen molar-refractivity contribution in [3.63, 3.8) is 0 Å². The molecule has 1 saturated carbocycles. The van der Waals surface area contributed by atoms with E-state index >= 15 is 0 Å². The molecule has 0 radical (unpaired) electrons. The summed E-state index contributed by atoms with van der Waals surface area (Å²) >= 11 is 0. The van der Waals surface area contributed by atoms with Crippen molar-refractivity contribution in [2.45, 2.75) is 58.5 Å². The summed E-state index contributed by atoms with van der Waals surface area (Å²) in [6.07, 6.45) is 7.40. The van der Waals surface area contributed by atoms with Crippen LogP contribution < -0.4 is 15.4 Å². The molecule has 29 heavy (non-hydrogen) atoms. The second kappa shape index (κ2) is 14.7. The average Bonchev–Trinajstić information content (AvgIpc) is 3.23. The Labute approximate surface area is 192 Å². The zero-order valence-corrected chi connectivity index (χ0v) is 20.4. The van der Waals surface area contributed by atoms with Crippen LogP contribution in [0.15, 0.2) is 23.2 Å². The van der Waals surface area contributed by atoms with E-state index < -0.39 is 0 Å². The van der Waals surface area contributed by atoms with Crippen molar-refractivity contribution >= 4 is 29.9 Å². The predicted molar refractivity (Wildman–Crippen MR) is 130 cm³/mol. The van der Waals surface area contributed by atoms with Crippen LogP contribution in [0, 0.1) is 5.92 Å². The Kier molecular flexibility index (Phi) is 13.1. The number of rotatable bonds is 11. The summed E-state index contributed by atoms with van der Waals surface area (Å²) in [7, 11) is 1.56. The average molecular weight is 519 g/mol. The van der Waals surface area contributed by atoms with Crippen molar-refractivity contribution in [1.29, 1.82) is 0 Å². The molecule has 0 saturated heterocycles. The molecule has 0 bridgehead atoms. The summed E-state index contributed by atoms with van der Waals surface area (Å²) in [5.74, 6) is 2.22. The lowest BCUT2D eigenvalue weighted by Crippen LogP contribution is -2.38. The number of phenols is 1. The molecule has 0 aromatic heterocycles. The van der Waals surface area contributed by atoms with Gasteiger partial charge in [-0.2, -0.15) is 0 Å². The molecule has 7 heteroatoms. The van der Waals surface area contributed by atoms with Crippen LogP contribution in [0.3, 0.4) is 0 Å². The highest BCUT2D eigenvalue weighted by atomic mass is 127. The Morgan fingerprint density at radius 1 is 1.24 bits per heavy atom. The van der Waals surface area contributed by atoms with Gasteiger partial charge in [0.1, 0.15) is 0 Å². The van der Waals surface area contributed by atoms with Crippen LogP contribution in [0.5, 0.6) is 11.5 Å². The Bertz CT molecular complexity index is 607. The summed E-state index contributed by atoms with van der Waals surface area (Å²) in [5, 5.41) is 16.4. The molecule has 0 heterocycles. The fourth-order valence-corrected chi connectivity index (χ4v) is 3.85. The van der Waals surface area contributed by atoms with Crippen LogP contribution in [-0.4, -0.2) is 50.5 Å². The third-order valence-electron chi connectivity index (χ3n) is 5.28. The van der Waals surface area contributed by atoms with Gasteiger partial charge in [0, 0.05) is 26.2 Å². The van der Waals surface area contributed by atoms with Gasteiger partial charge in [-0.1, -0.05) is 18.9 Å². The molecule has 0 spiro atoms. The number of aliphatic imine (C=N–C) groups is 1. The first kappa shape index (κ1) is 25.8. The number of aromatic hydroxyl groups is 1. The zero-order valence-electron chi connectivity index (χ0n) is 18.1. The van der Waals surface area contributed by atoms with Gasteiger partial charge in [0.05, 0.1) is 13.2 Å². The van der Waals surface area contributed by atoms with Gasteiger partial charge in [-0.05, 0) is 63.1 Å². The minimum absolute atomic E-state index is 0. The highest BCUT2D eigenvalue weighted by molar-refractivity contribution is 14.0. The number of hydrogen-bond donors (Lipinski definition) is 3. The fourth-order valence-electron chi connectivity index (χ4n) is 3.85. The van der Waals surface area contributed by atoms with Gasteiger partial charge >= 0.3 is 0 Å². The number of ether oxygens (including phenoxy) is 2. The zero-order chi connectivity index (χ0) is 20.2. The van der Waals surface area contributed by atoms with Crippen molar-refractivity contribution in [2.24, 2.45) is 10.9 Å². The molecule has 1 aromatic carbocycles. The topological polar surface area (TPSA) is 75.1 Å². The standard InChI is InChI=1S/C22H37N3O3.HI/c1-4-23-22(24-14-12-17-10-11-19(26)21(16-17)27-3)25-15-13-20(28-5-2)18-8-6-7-9-18;/h10-11,16,18,20,26H,4-9,12-15H2,1-3H3,(H2,23,24,25);1H. The van der Waals surface area contributed by atoms with Gasteiger partial charge in [0.15, 0.2) is 17.5 Å². The lowest BCUT2D eigenvalue weighted by Gasteiger charge is -2.22. The molecule has 3 N–H and O–H groups in total. The number of phenolic OH excluding ortho intramolecular Hbond substituents is 1. The van der Waals surface area contributed by atoms with Gasteiger partial charge in [-0.25, -0.2) is 0 Å². The number of halogens is 1. The van der Waals surface area contributed by atoms with E-state index in [2.05, 4.69) is 24.5 Å². The molecule has 0 aliphatic heterocycles. The Hall–Kier alpha value is -1.22. The normalized spacial score (nSPS) is 15.6. The molecule has 1 aromatic rings. The maximum absolute atomic E-state index is 9.70. The van der Waals surface area contributed by atoms with Crippen molar-refractivity contribution in [3.8, 4) is 11.5 Å². The van der Waals surface area contributed by atoms with Gasteiger partial charge in [-0.3, -0.25) is 4.99 Å². The SMILES string of the molecule is CCNC(=NCCC(OCC)C1CCCC1)NCCc1ccc(O)c(OC)c1.I. The molecule has 2 rings (SSSR count). The van der Waals surface area contributed by atoms with Crippen molar-refractivity contribution in [1.82, 2.24) is 10.6 Å². The molecular formula is C22H38IN3O3. The number of methoxy groups -OCH3 is 1. The third-order valence-corrected chi connectivity index (χ3v) is 5.28. The second-order valence-corrected chi connectivity index (χ2v) is 7.27. The van der Waals surface area contributed by atoms with E-state index in [4.69, 9.17) is 14.5 Å². The first-order valence-corrected chi connectivity index (χ1v) is 10.7. The van der Waals surface area contributed by atoms with Crippen LogP contribution in [0.25, 0.3) is 0 Å². The molecule has 1 fully saturated rings.